The van der Waals surface area contributed by atoms with Gasteiger partial charge in [0.2, 0.25) is 15.9 Å². The lowest BCUT2D eigenvalue weighted by Crippen LogP contribution is -2.45. The Bertz CT molecular complexity index is 1160. The van der Waals surface area contributed by atoms with Crippen LogP contribution in [0.4, 0.5) is 16.2 Å². The SMILES string of the molecule is Cc1cccc(NC(=O)N2CCCC(C(=O)Nc3cccc(S(=O)(=O)N4CCCCCC4)c3)C2)c1. The average Bonchev–Trinajstić information content (AvgIpc) is 3.15. The van der Waals surface area contributed by atoms with E-state index in [9.17, 15) is 18.0 Å². The van der Waals surface area contributed by atoms with Crippen molar-refractivity contribution in [3.05, 3.63) is 54.1 Å². The zero-order valence-corrected chi connectivity index (χ0v) is 21.0. The number of nitrogens with one attached hydrogen (secondary N) is 2. The Morgan fingerprint density at radius 1 is 0.857 bits per heavy atom. The van der Waals surface area contributed by atoms with Crippen molar-refractivity contribution in [3.63, 3.8) is 0 Å². The highest BCUT2D eigenvalue weighted by Gasteiger charge is 2.29. The Balaban J connectivity index is 1.39. The second-order valence-corrected chi connectivity index (χ2v) is 11.4. The van der Waals surface area contributed by atoms with Crippen LogP contribution in [-0.2, 0) is 14.8 Å². The van der Waals surface area contributed by atoms with Crippen molar-refractivity contribution in [2.24, 2.45) is 5.92 Å². The molecule has 188 valence electrons. The Labute approximate surface area is 207 Å². The van der Waals surface area contributed by atoms with Gasteiger partial charge in [-0.15, -0.1) is 0 Å². The number of aryl methyl sites for hydroxylation is 1. The summed E-state index contributed by atoms with van der Waals surface area (Å²) in [7, 11) is -3.60. The van der Waals surface area contributed by atoms with Crippen LogP contribution >= 0.6 is 0 Å². The molecule has 9 heteroatoms. The monoisotopic (exact) mass is 498 g/mol. The molecule has 2 aromatic rings. The molecule has 2 fully saturated rings. The molecule has 4 rings (SSSR count). The molecule has 0 aliphatic carbocycles. The molecule has 8 nitrogen and oxygen atoms in total. The molecule has 3 amide bonds. The van der Waals surface area contributed by atoms with Crippen LogP contribution in [0.15, 0.2) is 53.4 Å². The number of anilines is 2. The normalized spacial score (nSPS) is 19.6. The molecule has 0 bridgehead atoms. The third-order valence-electron chi connectivity index (χ3n) is 6.65. The number of urea groups is 1. The maximum Gasteiger partial charge on any atom is 0.321 e. The minimum Gasteiger partial charge on any atom is -0.326 e. The topological polar surface area (TPSA) is 98.8 Å². The summed E-state index contributed by atoms with van der Waals surface area (Å²) in [6.07, 6.45) is 5.22. The number of benzene rings is 2. The maximum absolute atomic E-state index is 13.1. The van der Waals surface area contributed by atoms with Crippen molar-refractivity contribution in [2.45, 2.75) is 50.3 Å². The highest BCUT2D eigenvalue weighted by Crippen LogP contribution is 2.24. The highest BCUT2D eigenvalue weighted by atomic mass is 32.2. The summed E-state index contributed by atoms with van der Waals surface area (Å²) < 4.78 is 27.8. The van der Waals surface area contributed by atoms with Crippen molar-refractivity contribution in [2.75, 3.05) is 36.8 Å². The van der Waals surface area contributed by atoms with Gasteiger partial charge in [-0.2, -0.15) is 4.31 Å². The largest absolute Gasteiger partial charge is 0.326 e. The number of piperidine rings is 1. The van der Waals surface area contributed by atoms with E-state index in [1.807, 2.05) is 31.2 Å². The molecular formula is C26H34N4O4S. The van der Waals surface area contributed by atoms with E-state index in [4.69, 9.17) is 0 Å². The van der Waals surface area contributed by atoms with E-state index in [1.165, 1.54) is 6.07 Å². The molecule has 2 aliphatic heterocycles. The predicted molar refractivity (Wildman–Crippen MR) is 137 cm³/mol. The van der Waals surface area contributed by atoms with E-state index >= 15 is 0 Å². The molecule has 2 heterocycles. The number of hydrogen-bond acceptors (Lipinski definition) is 4. The zero-order valence-electron chi connectivity index (χ0n) is 20.2. The van der Waals surface area contributed by atoms with Gasteiger partial charge in [-0.05, 0) is 68.5 Å². The van der Waals surface area contributed by atoms with Gasteiger partial charge < -0.3 is 15.5 Å². The lowest BCUT2D eigenvalue weighted by molar-refractivity contribution is -0.121. The lowest BCUT2D eigenvalue weighted by atomic mass is 9.97. The van der Waals surface area contributed by atoms with Crippen LogP contribution in [0, 0.1) is 12.8 Å². The van der Waals surface area contributed by atoms with Gasteiger partial charge in [0.25, 0.3) is 0 Å². The Morgan fingerprint density at radius 2 is 1.54 bits per heavy atom. The summed E-state index contributed by atoms with van der Waals surface area (Å²) in [5, 5.41) is 5.78. The molecule has 0 spiro atoms. The molecule has 2 N–H and O–H groups in total. The number of sulfonamides is 1. The third-order valence-corrected chi connectivity index (χ3v) is 8.55. The van der Waals surface area contributed by atoms with Crippen LogP contribution in [-0.4, -0.2) is 55.7 Å². The number of carbonyl (C=O) groups is 2. The van der Waals surface area contributed by atoms with Gasteiger partial charge >= 0.3 is 6.03 Å². The van der Waals surface area contributed by atoms with Gasteiger partial charge in [0.1, 0.15) is 0 Å². The van der Waals surface area contributed by atoms with Crippen molar-refractivity contribution in [3.8, 4) is 0 Å². The maximum atomic E-state index is 13.1. The number of nitrogens with zero attached hydrogens (tertiary/aromatic N) is 2. The zero-order chi connectivity index (χ0) is 24.8. The van der Waals surface area contributed by atoms with Crippen molar-refractivity contribution >= 4 is 33.3 Å². The quantitative estimate of drug-likeness (QED) is 0.637. The molecule has 1 atom stereocenters. The van der Waals surface area contributed by atoms with Gasteiger partial charge in [0.15, 0.2) is 0 Å². The van der Waals surface area contributed by atoms with E-state index in [0.717, 1.165) is 43.4 Å². The average molecular weight is 499 g/mol. The van der Waals surface area contributed by atoms with Crippen LogP contribution in [0.1, 0.15) is 44.1 Å². The standard InChI is InChI=1S/C26H34N4O4S/c1-20-9-6-11-22(17-20)28-26(32)29-14-8-10-21(19-29)25(31)27-23-12-7-13-24(18-23)35(33,34)30-15-4-2-3-5-16-30/h6-7,9,11-13,17-18,21H,2-5,8,10,14-16,19H2,1H3,(H,27,31)(H,28,32). The fraction of sp³-hybridized carbons (Fsp3) is 0.462. The van der Waals surface area contributed by atoms with E-state index in [0.29, 0.717) is 38.3 Å². The first-order valence-electron chi connectivity index (χ1n) is 12.4. The van der Waals surface area contributed by atoms with E-state index in [-0.39, 0.29) is 22.8 Å². The molecule has 0 radical (unpaired) electrons. The Morgan fingerprint density at radius 3 is 2.26 bits per heavy atom. The van der Waals surface area contributed by atoms with Crippen LogP contribution in [0.25, 0.3) is 0 Å². The fourth-order valence-corrected chi connectivity index (χ4v) is 6.27. The summed E-state index contributed by atoms with van der Waals surface area (Å²) in [5.41, 5.74) is 2.23. The number of amides is 3. The van der Waals surface area contributed by atoms with Crippen LogP contribution in [0.2, 0.25) is 0 Å². The molecule has 0 aromatic heterocycles. The third kappa shape index (κ3) is 6.41. The first-order valence-corrected chi connectivity index (χ1v) is 13.8. The minimum atomic E-state index is -3.60. The molecule has 2 aromatic carbocycles. The summed E-state index contributed by atoms with van der Waals surface area (Å²) in [4.78, 5) is 27.6. The van der Waals surface area contributed by atoms with Gasteiger partial charge in [-0.1, -0.05) is 31.0 Å². The number of likely N-dealkylation sites (tertiary alicyclic amines) is 1. The summed E-state index contributed by atoms with van der Waals surface area (Å²) in [6, 6.07) is 13.8. The summed E-state index contributed by atoms with van der Waals surface area (Å²) in [5.74, 6) is -0.569. The molecule has 0 saturated carbocycles. The molecule has 2 saturated heterocycles. The van der Waals surface area contributed by atoms with Crippen LogP contribution in [0.3, 0.4) is 0 Å². The van der Waals surface area contributed by atoms with Crippen LogP contribution in [0.5, 0.6) is 0 Å². The second kappa shape index (κ2) is 11.2. The molecule has 2 aliphatic rings. The molecule has 35 heavy (non-hydrogen) atoms. The number of rotatable bonds is 5. The van der Waals surface area contributed by atoms with Gasteiger partial charge in [-0.3, -0.25) is 4.79 Å². The molecular weight excluding hydrogens is 464 g/mol. The molecule has 1 unspecified atom stereocenters. The lowest BCUT2D eigenvalue weighted by Gasteiger charge is -2.32. The van der Waals surface area contributed by atoms with Gasteiger partial charge in [0.05, 0.1) is 10.8 Å². The second-order valence-electron chi connectivity index (χ2n) is 9.42. The van der Waals surface area contributed by atoms with E-state index < -0.39 is 10.0 Å². The Kier molecular flexibility index (Phi) is 8.07. The van der Waals surface area contributed by atoms with Gasteiger partial charge in [-0.25, -0.2) is 13.2 Å². The summed E-state index contributed by atoms with van der Waals surface area (Å²) in [6.45, 7) is 3.92. The number of hydrogen-bond donors (Lipinski definition) is 2. The predicted octanol–water partition coefficient (Wildman–Crippen LogP) is 4.44. The first kappa shape index (κ1) is 25.2. The first-order chi connectivity index (χ1) is 16.8. The Hall–Kier alpha value is -2.91. The fourth-order valence-electron chi connectivity index (χ4n) is 4.71. The van der Waals surface area contributed by atoms with E-state index in [2.05, 4.69) is 10.6 Å². The van der Waals surface area contributed by atoms with Crippen LogP contribution < -0.4 is 10.6 Å². The van der Waals surface area contributed by atoms with Crippen molar-refractivity contribution in [1.29, 1.82) is 0 Å². The minimum absolute atomic E-state index is 0.194. The van der Waals surface area contributed by atoms with Gasteiger partial charge in [0, 0.05) is 37.6 Å². The van der Waals surface area contributed by atoms with Crippen molar-refractivity contribution in [1.82, 2.24) is 9.21 Å². The summed E-state index contributed by atoms with van der Waals surface area (Å²) >= 11 is 0. The number of carbonyl (C=O) groups excluding carboxylic acids is 2. The highest BCUT2D eigenvalue weighted by molar-refractivity contribution is 7.89. The van der Waals surface area contributed by atoms with E-state index in [1.54, 1.807) is 27.4 Å². The van der Waals surface area contributed by atoms with Crippen molar-refractivity contribution < 1.29 is 18.0 Å². The smallest absolute Gasteiger partial charge is 0.321 e.